The summed E-state index contributed by atoms with van der Waals surface area (Å²) in [5, 5.41) is 13.7. The van der Waals surface area contributed by atoms with Gasteiger partial charge in [-0.1, -0.05) is 12.1 Å². The zero-order valence-electron chi connectivity index (χ0n) is 14.2. The molecule has 2 heterocycles. The van der Waals surface area contributed by atoms with E-state index in [0.717, 1.165) is 5.56 Å². The number of pyridine rings is 1. The average molecular weight is 335 g/mol. The Balaban J connectivity index is 2.19. The molecule has 0 saturated heterocycles. The van der Waals surface area contributed by atoms with Crippen molar-refractivity contribution in [2.24, 2.45) is 7.05 Å². The predicted molar refractivity (Wildman–Crippen MR) is 93.1 cm³/mol. The zero-order valence-corrected chi connectivity index (χ0v) is 14.2. The molecule has 7 nitrogen and oxygen atoms in total. The monoisotopic (exact) mass is 335 g/mol. The number of rotatable bonds is 4. The minimum atomic E-state index is -0.244. The molecule has 0 aliphatic rings. The molecule has 0 fully saturated rings. The molecule has 0 aliphatic carbocycles. The van der Waals surface area contributed by atoms with Crippen LogP contribution in [0.4, 0.5) is 0 Å². The molecule has 0 aliphatic heterocycles. The summed E-state index contributed by atoms with van der Waals surface area (Å²) in [6, 6.07) is 11.2. The first-order valence-corrected chi connectivity index (χ1v) is 7.64. The van der Waals surface area contributed by atoms with Crippen LogP contribution in [-0.2, 0) is 7.05 Å². The molecular formula is C18H17N5O2. The van der Waals surface area contributed by atoms with Gasteiger partial charge in [0.25, 0.3) is 5.91 Å². The van der Waals surface area contributed by atoms with E-state index in [1.165, 1.54) is 4.90 Å². The summed E-state index contributed by atoms with van der Waals surface area (Å²) >= 11 is 0. The topological polar surface area (TPSA) is 84.0 Å². The molecule has 0 spiro atoms. The first-order valence-electron chi connectivity index (χ1n) is 7.64. The summed E-state index contributed by atoms with van der Waals surface area (Å²) in [6.07, 6.45) is 1.62. The number of fused-ring (bicyclic) bond motifs is 1. The number of carbonyl (C=O) groups excluding carboxylic acids is 1. The van der Waals surface area contributed by atoms with Crippen molar-refractivity contribution in [2.75, 3.05) is 20.7 Å². The Morgan fingerprint density at radius 2 is 2.20 bits per heavy atom. The molecular weight excluding hydrogens is 318 g/mol. The second-order valence-electron chi connectivity index (χ2n) is 5.61. The maximum Gasteiger partial charge on any atom is 0.255 e. The summed E-state index contributed by atoms with van der Waals surface area (Å²) in [5.41, 5.74) is 2.55. The Morgan fingerprint density at radius 3 is 2.92 bits per heavy atom. The number of carbonyl (C=O) groups is 1. The number of aryl methyl sites for hydroxylation is 1. The first-order chi connectivity index (χ1) is 12.0. The number of nitriles is 1. The molecule has 0 atom stereocenters. The number of benzene rings is 1. The Morgan fingerprint density at radius 1 is 1.40 bits per heavy atom. The van der Waals surface area contributed by atoms with E-state index in [1.54, 1.807) is 38.2 Å². The third-order valence-electron chi connectivity index (χ3n) is 3.96. The summed E-state index contributed by atoms with van der Waals surface area (Å²) in [4.78, 5) is 18.8. The number of nitrogens with zero attached hydrogens (tertiary/aromatic N) is 5. The SMILES string of the molecule is COc1cccc(-c2cc(C(=O)N(C)CC#N)c3cnn(C)c3n2)c1. The van der Waals surface area contributed by atoms with Gasteiger partial charge in [-0.2, -0.15) is 10.4 Å². The summed E-state index contributed by atoms with van der Waals surface area (Å²) < 4.78 is 6.89. The Bertz CT molecular complexity index is 987. The molecule has 0 saturated carbocycles. The molecule has 0 N–H and O–H groups in total. The van der Waals surface area contributed by atoms with E-state index in [1.807, 2.05) is 30.3 Å². The van der Waals surface area contributed by atoms with Gasteiger partial charge in [-0.25, -0.2) is 4.98 Å². The van der Waals surface area contributed by atoms with Crippen LogP contribution in [0.25, 0.3) is 22.3 Å². The van der Waals surface area contributed by atoms with Gasteiger partial charge in [0.05, 0.1) is 36.0 Å². The van der Waals surface area contributed by atoms with Crippen LogP contribution in [0.5, 0.6) is 5.75 Å². The van der Waals surface area contributed by atoms with Gasteiger partial charge in [0.15, 0.2) is 5.65 Å². The van der Waals surface area contributed by atoms with E-state index < -0.39 is 0 Å². The predicted octanol–water partition coefficient (Wildman–Crippen LogP) is 2.24. The third kappa shape index (κ3) is 3.02. The summed E-state index contributed by atoms with van der Waals surface area (Å²) in [6.45, 7) is 0.0113. The second kappa shape index (κ2) is 6.61. The first kappa shape index (κ1) is 16.5. The van der Waals surface area contributed by atoms with Gasteiger partial charge in [0.1, 0.15) is 12.3 Å². The fourth-order valence-electron chi connectivity index (χ4n) is 2.61. The summed E-state index contributed by atoms with van der Waals surface area (Å²) in [5.74, 6) is 0.463. The quantitative estimate of drug-likeness (QED) is 0.683. The van der Waals surface area contributed by atoms with Crippen molar-refractivity contribution < 1.29 is 9.53 Å². The van der Waals surface area contributed by atoms with Gasteiger partial charge in [0, 0.05) is 19.7 Å². The highest BCUT2D eigenvalue weighted by Gasteiger charge is 2.19. The molecule has 1 amide bonds. The molecule has 7 heteroatoms. The van der Waals surface area contributed by atoms with Crippen molar-refractivity contribution in [3.63, 3.8) is 0 Å². The van der Waals surface area contributed by atoms with Crippen LogP contribution in [0.1, 0.15) is 10.4 Å². The van der Waals surface area contributed by atoms with Crippen LogP contribution in [0.15, 0.2) is 36.5 Å². The van der Waals surface area contributed by atoms with Crippen molar-refractivity contribution >= 4 is 16.9 Å². The smallest absolute Gasteiger partial charge is 0.255 e. The summed E-state index contributed by atoms with van der Waals surface area (Å²) in [7, 11) is 4.97. The van der Waals surface area contributed by atoms with Crippen molar-refractivity contribution in [3.8, 4) is 23.1 Å². The van der Waals surface area contributed by atoms with Gasteiger partial charge in [-0.3, -0.25) is 9.48 Å². The van der Waals surface area contributed by atoms with Crippen molar-refractivity contribution in [2.45, 2.75) is 0 Å². The average Bonchev–Trinajstić information content (AvgIpc) is 3.01. The van der Waals surface area contributed by atoms with Crippen molar-refractivity contribution in [3.05, 3.63) is 42.1 Å². The fraction of sp³-hybridized carbons (Fsp3) is 0.222. The molecule has 1 aromatic carbocycles. The molecule has 0 unspecified atom stereocenters. The number of hydrogen-bond acceptors (Lipinski definition) is 5. The lowest BCUT2D eigenvalue weighted by Gasteiger charge is -2.14. The van der Waals surface area contributed by atoms with E-state index in [0.29, 0.717) is 28.0 Å². The standard InChI is InChI=1S/C18H17N5O2/c1-22(8-7-19)18(24)14-10-16(12-5-4-6-13(9-12)25-3)21-17-15(14)11-20-23(17)2/h4-6,9-11H,8H2,1-3H3. The third-order valence-corrected chi connectivity index (χ3v) is 3.96. The lowest BCUT2D eigenvalue weighted by atomic mass is 10.1. The maximum absolute atomic E-state index is 12.7. The Labute approximate surface area is 145 Å². The van der Waals surface area contributed by atoms with Crippen LogP contribution in [-0.4, -0.2) is 46.3 Å². The van der Waals surface area contributed by atoms with Gasteiger partial charge in [-0.15, -0.1) is 0 Å². The maximum atomic E-state index is 12.7. The highest BCUT2D eigenvalue weighted by atomic mass is 16.5. The van der Waals surface area contributed by atoms with Gasteiger partial charge < -0.3 is 9.64 Å². The van der Waals surface area contributed by atoms with Crippen molar-refractivity contribution in [1.82, 2.24) is 19.7 Å². The normalized spacial score (nSPS) is 10.5. The number of methoxy groups -OCH3 is 1. The van der Waals surface area contributed by atoms with E-state index in [2.05, 4.69) is 10.1 Å². The molecule has 3 aromatic rings. The fourth-order valence-corrected chi connectivity index (χ4v) is 2.61. The molecule has 0 bridgehead atoms. The van der Waals surface area contributed by atoms with E-state index in [-0.39, 0.29) is 12.5 Å². The number of aromatic nitrogens is 3. The highest BCUT2D eigenvalue weighted by molar-refractivity contribution is 6.06. The molecule has 2 aromatic heterocycles. The number of hydrogen-bond donors (Lipinski definition) is 0. The van der Waals surface area contributed by atoms with Crippen LogP contribution in [0.2, 0.25) is 0 Å². The Hall–Kier alpha value is -3.40. The molecule has 126 valence electrons. The van der Waals surface area contributed by atoms with Crippen LogP contribution >= 0.6 is 0 Å². The zero-order chi connectivity index (χ0) is 18.0. The number of ether oxygens (including phenoxy) is 1. The van der Waals surface area contributed by atoms with Crippen LogP contribution in [0, 0.1) is 11.3 Å². The van der Waals surface area contributed by atoms with E-state index in [4.69, 9.17) is 10.00 Å². The lowest BCUT2D eigenvalue weighted by Crippen LogP contribution is -2.27. The molecule has 0 radical (unpaired) electrons. The number of amides is 1. The van der Waals surface area contributed by atoms with E-state index in [9.17, 15) is 4.79 Å². The van der Waals surface area contributed by atoms with Crippen LogP contribution < -0.4 is 4.74 Å². The highest BCUT2D eigenvalue weighted by Crippen LogP contribution is 2.27. The lowest BCUT2D eigenvalue weighted by molar-refractivity contribution is 0.0814. The van der Waals surface area contributed by atoms with E-state index >= 15 is 0 Å². The van der Waals surface area contributed by atoms with Gasteiger partial charge in [-0.05, 0) is 18.2 Å². The molecule has 3 rings (SSSR count). The largest absolute Gasteiger partial charge is 0.497 e. The van der Waals surface area contributed by atoms with Crippen molar-refractivity contribution in [1.29, 1.82) is 5.26 Å². The molecule has 25 heavy (non-hydrogen) atoms. The van der Waals surface area contributed by atoms with Gasteiger partial charge >= 0.3 is 0 Å². The van der Waals surface area contributed by atoms with Crippen LogP contribution in [0.3, 0.4) is 0 Å². The Kier molecular flexibility index (Phi) is 4.35. The minimum absolute atomic E-state index is 0.0113. The second-order valence-corrected chi connectivity index (χ2v) is 5.61. The minimum Gasteiger partial charge on any atom is -0.497 e. The van der Waals surface area contributed by atoms with Gasteiger partial charge in [0.2, 0.25) is 0 Å².